The van der Waals surface area contributed by atoms with Gasteiger partial charge in [-0.3, -0.25) is 4.98 Å². The topological polar surface area (TPSA) is 82.9 Å². The Bertz CT molecular complexity index is 730. The van der Waals surface area contributed by atoms with Gasteiger partial charge in [0.2, 0.25) is 10.0 Å². The van der Waals surface area contributed by atoms with Crippen LogP contribution in [-0.2, 0) is 10.0 Å². The van der Waals surface area contributed by atoms with Crippen molar-refractivity contribution in [1.29, 1.82) is 5.26 Å². The average Bonchev–Trinajstić information content (AvgIpc) is 2.44. The van der Waals surface area contributed by atoms with Crippen molar-refractivity contribution in [2.24, 2.45) is 0 Å². The van der Waals surface area contributed by atoms with Crippen LogP contribution in [0, 0.1) is 11.3 Å². The highest BCUT2D eigenvalue weighted by atomic mass is 32.2. The van der Waals surface area contributed by atoms with Gasteiger partial charge in [0.15, 0.2) is 0 Å². The predicted octanol–water partition coefficient (Wildman–Crippen LogP) is 1.82. The molecule has 0 fully saturated rings. The van der Waals surface area contributed by atoms with Gasteiger partial charge in [0.1, 0.15) is 6.04 Å². The van der Waals surface area contributed by atoms with Gasteiger partial charge in [-0.15, -0.1) is 0 Å². The smallest absolute Gasteiger partial charge is 0.242 e. The second-order valence-electron chi connectivity index (χ2n) is 4.04. The quantitative estimate of drug-likeness (QED) is 0.922. The van der Waals surface area contributed by atoms with Gasteiger partial charge >= 0.3 is 0 Å². The number of rotatable bonds is 4. The lowest BCUT2D eigenvalue weighted by molar-refractivity contribution is 0.570. The molecule has 0 spiro atoms. The summed E-state index contributed by atoms with van der Waals surface area (Å²) in [4.78, 5) is 4.26. The number of sulfonamides is 1. The third-order valence-electron chi connectivity index (χ3n) is 2.76. The number of nitrogens with zero attached hydrogens (tertiary/aromatic N) is 2. The molecule has 0 radical (unpaired) electrons. The van der Waals surface area contributed by atoms with Crippen molar-refractivity contribution in [2.45, 2.75) is 24.3 Å². The van der Waals surface area contributed by atoms with Crippen molar-refractivity contribution in [3.63, 3.8) is 0 Å². The standard InChI is InChI=1S/C13H13N3O2S/c1-2-10(9-14)16-19(17,18)13-7-3-6-12-11(13)5-4-8-15-12/h3-8,10,16H,2H2,1H3. The molecule has 0 bridgehead atoms. The normalized spacial score (nSPS) is 13.1. The summed E-state index contributed by atoms with van der Waals surface area (Å²) >= 11 is 0. The van der Waals surface area contributed by atoms with Crippen LogP contribution in [0.15, 0.2) is 41.4 Å². The van der Waals surface area contributed by atoms with E-state index in [1.54, 1.807) is 37.4 Å². The van der Waals surface area contributed by atoms with Crippen molar-refractivity contribution in [1.82, 2.24) is 9.71 Å². The van der Waals surface area contributed by atoms with Crippen LogP contribution in [0.5, 0.6) is 0 Å². The van der Waals surface area contributed by atoms with Crippen molar-refractivity contribution in [2.75, 3.05) is 0 Å². The molecule has 2 rings (SSSR count). The Morgan fingerprint density at radius 2 is 2.16 bits per heavy atom. The largest absolute Gasteiger partial charge is 0.256 e. The maximum atomic E-state index is 12.3. The van der Waals surface area contributed by atoms with Gasteiger partial charge in [-0.2, -0.15) is 9.98 Å². The van der Waals surface area contributed by atoms with Crippen molar-refractivity contribution in [3.05, 3.63) is 36.5 Å². The van der Waals surface area contributed by atoms with E-state index in [9.17, 15) is 8.42 Å². The molecule has 0 saturated carbocycles. The Labute approximate surface area is 111 Å². The van der Waals surface area contributed by atoms with E-state index >= 15 is 0 Å². The van der Waals surface area contributed by atoms with Crippen LogP contribution in [0.2, 0.25) is 0 Å². The first-order valence-electron chi connectivity index (χ1n) is 5.84. The molecular weight excluding hydrogens is 262 g/mol. The van der Waals surface area contributed by atoms with Crippen molar-refractivity contribution >= 4 is 20.9 Å². The first-order valence-corrected chi connectivity index (χ1v) is 7.32. The zero-order chi connectivity index (χ0) is 13.9. The van der Waals surface area contributed by atoms with Crippen LogP contribution >= 0.6 is 0 Å². The number of benzene rings is 1. The van der Waals surface area contributed by atoms with Crippen molar-refractivity contribution in [3.8, 4) is 6.07 Å². The highest BCUT2D eigenvalue weighted by Crippen LogP contribution is 2.21. The molecule has 5 nitrogen and oxygen atoms in total. The summed E-state index contributed by atoms with van der Waals surface area (Å²) in [6, 6.07) is 9.47. The Morgan fingerprint density at radius 3 is 2.84 bits per heavy atom. The van der Waals surface area contributed by atoms with E-state index in [0.717, 1.165) is 0 Å². The molecule has 0 saturated heterocycles. The SMILES string of the molecule is CCC(C#N)NS(=O)(=O)c1cccc2ncccc12. The summed E-state index contributed by atoms with van der Waals surface area (Å²) in [7, 11) is -3.72. The molecule has 0 aliphatic heterocycles. The van der Waals surface area contributed by atoms with Crippen LogP contribution in [-0.4, -0.2) is 19.4 Å². The van der Waals surface area contributed by atoms with Gasteiger partial charge in [0.05, 0.1) is 16.5 Å². The van der Waals surface area contributed by atoms with E-state index in [0.29, 0.717) is 17.3 Å². The Balaban J connectivity index is 2.53. The number of pyridine rings is 1. The summed E-state index contributed by atoms with van der Waals surface area (Å²) in [6.07, 6.45) is 2.02. The zero-order valence-corrected chi connectivity index (χ0v) is 11.2. The summed E-state index contributed by atoms with van der Waals surface area (Å²) < 4.78 is 27.0. The number of hydrogen-bond donors (Lipinski definition) is 1. The van der Waals surface area contributed by atoms with E-state index in [1.807, 2.05) is 6.07 Å². The fourth-order valence-corrected chi connectivity index (χ4v) is 3.20. The highest BCUT2D eigenvalue weighted by molar-refractivity contribution is 7.89. The van der Waals surface area contributed by atoms with Gasteiger partial charge < -0.3 is 0 Å². The number of fused-ring (bicyclic) bond motifs is 1. The number of nitriles is 1. The van der Waals surface area contributed by atoms with Crippen LogP contribution < -0.4 is 4.72 Å². The van der Waals surface area contributed by atoms with Gasteiger partial charge in [0, 0.05) is 11.6 Å². The molecule has 1 heterocycles. The molecule has 0 amide bonds. The second-order valence-corrected chi connectivity index (χ2v) is 5.72. The highest BCUT2D eigenvalue weighted by Gasteiger charge is 2.20. The first-order chi connectivity index (χ1) is 9.08. The van der Waals surface area contributed by atoms with Crippen LogP contribution in [0.3, 0.4) is 0 Å². The summed E-state index contributed by atoms with van der Waals surface area (Å²) in [6.45, 7) is 1.75. The van der Waals surface area contributed by atoms with E-state index in [4.69, 9.17) is 5.26 Å². The fourth-order valence-electron chi connectivity index (χ4n) is 1.76. The molecule has 1 aromatic carbocycles. The maximum Gasteiger partial charge on any atom is 0.242 e. The fraction of sp³-hybridized carbons (Fsp3) is 0.231. The van der Waals surface area contributed by atoms with E-state index in [1.165, 1.54) is 6.07 Å². The average molecular weight is 275 g/mol. The third kappa shape index (κ3) is 2.72. The molecule has 0 aliphatic carbocycles. The van der Waals surface area contributed by atoms with Gasteiger partial charge in [-0.05, 0) is 30.7 Å². The molecule has 6 heteroatoms. The lowest BCUT2D eigenvalue weighted by Crippen LogP contribution is -2.33. The number of nitrogens with one attached hydrogen (secondary N) is 1. The third-order valence-corrected chi connectivity index (χ3v) is 4.29. The van der Waals surface area contributed by atoms with Crippen LogP contribution in [0.25, 0.3) is 10.9 Å². The van der Waals surface area contributed by atoms with Crippen molar-refractivity contribution < 1.29 is 8.42 Å². The van der Waals surface area contributed by atoms with E-state index in [2.05, 4.69) is 9.71 Å². The summed E-state index contributed by atoms with van der Waals surface area (Å²) in [5.41, 5.74) is 0.607. The maximum absolute atomic E-state index is 12.3. The summed E-state index contributed by atoms with van der Waals surface area (Å²) in [5, 5.41) is 9.41. The minimum atomic E-state index is -3.72. The van der Waals surface area contributed by atoms with Crippen LogP contribution in [0.1, 0.15) is 13.3 Å². The first kappa shape index (κ1) is 13.5. The second kappa shape index (κ2) is 5.34. The molecule has 1 atom stereocenters. The predicted molar refractivity (Wildman–Crippen MR) is 71.8 cm³/mol. The molecule has 1 aromatic heterocycles. The molecular formula is C13H13N3O2S. The lowest BCUT2D eigenvalue weighted by atomic mass is 10.2. The number of aromatic nitrogens is 1. The molecule has 19 heavy (non-hydrogen) atoms. The van der Waals surface area contributed by atoms with E-state index < -0.39 is 16.1 Å². The zero-order valence-electron chi connectivity index (χ0n) is 10.4. The van der Waals surface area contributed by atoms with Gasteiger partial charge in [-0.1, -0.05) is 13.0 Å². The van der Waals surface area contributed by atoms with E-state index in [-0.39, 0.29) is 4.90 Å². The molecule has 0 aliphatic rings. The molecule has 1 unspecified atom stereocenters. The number of hydrogen-bond acceptors (Lipinski definition) is 4. The van der Waals surface area contributed by atoms with Crippen LogP contribution in [0.4, 0.5) is 0 Å². The lowest BCUT2D eigenvalue weighted by Gasteiger charge is -2.11. The monoisotopic (exact) mass is 275 g/mol. The summed E-state index contributed by atoms with van der Waals surface area (Å²) in [5.74, 6) is 0. The molecule has 1 N–H and O–H groups in total. The molecule has 2 aromatic rings. The Kier molecular flexibility index (Phi) is 3.79. The van der Waals surface area contributed by atoms with Gasteiger partial charge in [0.25, 0.3) is 0 Å². The Hall–Kier alpha value is -1.97. The minimum absolute atomic E-state index is 0.145. The van der Waals surface area contributed by atoms with Gasteiger partial charge in [-0.25, -0.2) is 8.42 Å². The Morgan fingerprint density at radius 1 is 1.37 bits per heavy atom. The minimum Gasteiger partial charge on any atom is -0.256 e. The molecule has 98 valence electrons.